The van der Waals surface area contributed by atoms with E-state index in [1.807, 2.05) is 0 Å². The van der Waals surface area contributed by atoms with Crippen LogP contribution in [0.3, 0.4) is 0 Å². The fourth-order valence-electron chi connectivity index (χ4n) is 3.60. The number of carbonyl (C=O) groups is 1. The van der Waals surface area contributed by atoms with Crippen molar-refractivity contribution in [3.05, 3.63) is 48.2 Å². The molecular formula is C22H29N3O5S. The number of sulfonamides is 1. The van der Waals surface area contributed by atoms with Crippen LogP contribution >= 0.6 is 0 Å². The number of benzene rings is 1. The van der Waals surface area contributed by atoms with Gasteiger partial charge in [0.05, 0.1) is 11.5 Å². The second kappa shape index (κ2) is 10.7. The van der Waals surface area contributed by atoms with Crippen LogP contribution in [-0.4, -0.2) is 57.0 Å². The Morgan fingerprint density at radius 3 is 2.52 bits per heavy atom. The second-order valence-electron chi connectivity index (χ2n) is 7.49. The van der Waals surface area contributed by atoms with E-state index in [0.717, 1.165) is 32.1 Å². The molecule has 0 aliphatic heterocycles. The van der Waals surface area contributed by atoms with E-state index < -0.39 is 10.0 Å². The maximum absolute atomic E-state index is 13.0. The van der Waals surface area contributed by atoms with Gasteiger partial charge in [-0.2, -0.15) is 4.31 Å². The van der Waals surface area contributed by atoms with Crippen LogP contribution in [0.1, 0.15) is 42.5 Å². The molecule has 1 aromatic heterocycles. The standard InChI is InChI=1S/C22H29N3O5S/c1-25(18-7-4-3-5-8-18)31(27,28)19-12-10-17(11-13-19)21(26)24-20-9-6-14-23-22(20)30-16-15-29-2/h6,9-14,18H,3-5,7-8,15-16H2,1-2H3,(H,24,26). The van der Waals surface area contributed by atoms with Crippen LogP contribution in [0.2, 0.25) is 0 Å². The number of nitrogens with one attached hydrogen (secondary N) is 1. The lowest BCUT2D eigenvalue weighted by Crippen LogP contribution is -2.38. The minimum Gasteiger partial charge on any atom is -0.474 e. The lowest BCUT2D eigenvalue weighted by Gasteiger charge is -2.30. The molecule has 3 rings (SSSR count). The molecule has 1 saturated carbocycles. The Morgan fingerprint density at radius 1 is 1.13 bits per heavy atom. The summed E-state index contributed by atoms with van der Waals surface area (Å²) in [5, 5.41) is 2.76. The van der Waals surface area contributed by atoms with Gasteiger partial charge in [0.25, 0.3) is 5.91 Å². The first-order valence-corrected chi connectivity index (χ1v) is 11.8. The van der Waals surface area contributed by atoms with Crippen LogP contribution in [-0.2, 0) is 14.8 Å². The highest BCUT2D eigenvalue weighted by atomic mass is 32.2. The summed E-state index contributed by atoms with van der Waals surface area (Å²) in [6.45, 7) is 0.701. The molecule has 1 amide bonds. The highest BCUT2D eigenvalue weighted by Crippen LogP contribution is 2.27. The molecule has 0 radical (unpaired) electrons. The number of nitrogens with zero attached hydrogens (tertiary/aromatic N) is 2. The number of rotatable bonds is 9. The molecule has 0 saturated heterocycles. The van der Waals surface area contributed by atoms with E-state index in [9.17, 15) is 13.2 Å². The summed E-state index contributed by atoms with van der Waals surface area (Å²) in [6, 6.07) is 9.38. The summed E-state index contributed by atoms with van der Waals surface area (Å²) in [7, 11) is -0.391. The SMILES string of the molecule is COCCOc1ncccc1NC(=O)c1ccc(S(=O)(=O)N(C)C2CCCCC2)cc1. The number of amides is 1. The quantitative estimate of drug-likeness (QED) is 0.592. The van der Waals surface area contributed by atoms with Gasteiger partial charge >= 0.3 is 0 Å². The lowest BCUT2D eigenvalue weighted by atomic mass is 9.96. The fraction of sp³-hybridized carbons (Fsp3) is 0.455. The lowest BCUT2D eigenvalue weighted by molar-refractivity contribution is 0.102. The maximum atomic E-state index is 13.0. The van der Waals surface area contributed by atoms with Crippen molar-refractivity contribution in [1.82, 2.24) is 9.29 Å². The van der Waals surface area contributed by atoms with E-state index >= 15 is 0 Å². The van der Waals surface area contributed by atoms with Crippen LogP contribution in [0.5, 0.6) is 5.88 Å². The molecule has 1 aliphatic carbocycles. The Balaban J connectivity index is 1.69. The summed E-state index contributed by atoms with van der Waals surface area (Å²) in [6.07, 6.45) is 6.60. The summed E-state index contributed by atoms with van der Waals surface area (Å²) >= 11 is 0. The van der Waals surface area contributed by atoms with E-state index in [-0.39, 0.29) is 16.8 Å². The minimum atomic E-state index is -3.60. The van der Waals surface area contributed by atoms with Crippen molar-refractivity contribution < 1.29 is 22.7 Å². The number of anilines is 1. The molecule has 0 bridgehead atoms. The molecule has 2 aromatic rings. The monoisotopic (exact) mass is 447 g/mol. The first-order valence-electron chi connectivity index (χ1n) is 10.4. The number of pyridine rings is 1. The van der Waals surface area contributed by atoms with Gasteiger partial charge in [-0.05, 0) is 49.2 Å². The van der Waals surface area contributed by atoms with Crippen LogP contribution < -0.4 is 10.1 Å². The van der Waals surface area contributed by atoms with Crippen molar-refractivity contribution in [3.8, 4) is 5.88 Å². The number of methoxy groups -OCH3 is 1. The van der Waals surface area contributed by atoms with Crippen molar-refractivity contribution in [2.45, 2.75) is 43.0 Å². The number of ether oxygens (including phenoxy) is 2. The summed E-state index contributed by atoms with van der Waals surface area (Å²) in [4.78, 5) is 17.0. The highest BCUT2D eigenvalue weighted by molar-refractivity contribution is 7.89. The second-order valence-corrected chi connectivity index (χ2v) is 9.49. The summed E-state index contributed by atoms with van der Waals surface area (Å²) in [5.74, 6) is -0.0876. The van der Waals surface area contributed by atoms with Gasteiger partial charge in [-0.1, -0.05) is 19.3 Å². The smallest absolute Gasteiger partial charge is 0.255 e. The summed E-state index contributed by atoms with van der Waals surface area (Å²) < 4.78 is 37.9. The van der Waals surface area contributed by atoms with Crippen molar-refractivity contribution in [2.24, 2.45) is 0 Å². The van der Waals surface area contributed by atoms with Gasteiger partial charge in [0.1, 0.15) is 12.3 Å². The van der Waals surface area contributed by atoms with E-state index in [0.29, 0.717) is 30.3 Å². The molecule has 9 heteroatoms. The fourth-order valence-corrected chi connectivity index (χ4v) is 5.02. The zero-order valence-corrected chi connectivity index (χ0v) is 18.7. The number of carbonyl (C=O) groups excluding carboxylic acids is 1. The van der Waals surface area contributed by atoms with Crippen LogP contribution in [0, 0.1) is 0 Å². The Labute approximate surface area is 183 Å². The van der Waals surface area contributed by atoms with E-state index in [1.165, 1.54) is 28.6 Å². The molecule has 1 N–H and O–H groups in total. The molecule has 168 valence electrons. The van der Waals surface area contributed by atoms with Gasteiger partial charge < -0.3 is 14.8 Å². The van der Waals surface area contributed by atoms with Gasteiger partial charge in [-0.15, -0.1) is 0 Å². The Kier molecular flexibility index (Phi) is 8.00. The number of aromatic nitrogens is 1. The predicted octanol–water partition coefficient (Wildman–Crippen LogP) is 3.31. The summed E-state index contributed by atoms with van der Waals surface area (Å²) in [5.41, 5.74) is 0.767. The van der Waals surface area contributed by atoms with Gasteiger partial charge in [0, 0.05) is 32.0 Å². The highest BCUT2D eigenvalue weighted by Gasteiger charge is 2.29. The Morgan fingerprint density at radius 2 is 1.84 bits per heavy atom. The average Bonchev–Trinajstić information content (AvgIpc) is 2.80. The first kappa shape index (κ1) is 23.2. The van der Waals surface area contributed by atoms with E-state index in [4.69, 9.17) is 9.47 Å². The predicted molar refractivity (Wildman–Crippen MR) is 118 cm³/mol. The molecule has 1 aliphatic rings. The van der Waals surface area contributed by atoms with E-state index in [1.54, 1.807) is 32.5 Å². The third-order valence-corrected chi connectivity index (χ3v) is 7.35. The molecule has 1 heterocycles. The molecule has 0 unspecified atom stereocenters. The molecule has 31 heavy (non-hydrogen) atoms. The topological polar surface area (TPSA) is 97.8 Å². The average molecular weight is 448 g/mol. The van der Waals surface area contributed by atoms with Crippen LogP contribution in [0.25, 0.3) is 0 Å². The van der Waals surface area contributed by atoms with E-state index in [2.05, 4.69) is 10.3 Å². The van der Waals surface area contributed by atoms with Crippen LogP contribution in [0.4, 0.5) is 5.69 Å². The zero-order valence-electron chi connectivity index (χ0n) is 17.9. The Bertz CT molecular complexity index is 973. The van der Waals surface area contributed by atoms with Gasteiger partial charge in [0.15, 0.2) is 0 Å². The number of hydrogen-bond acceptors (Lipinski definition) is 6. The maximum Gasteiger partial charge on any atom is 0.255 e. The molecule has 1 aromatic carbocycles. The van der Waals surface area contributed by atoms with Gasteiger partial charge in [0.2, 0.25) is 15.9 Å². The molecule has 8 nitrogen and oxygen atoms in total. The van der Waals surface area contributed by atoms with Crippen LogP contribution in [0.15, 0.2) is 47.5 Å². The molecule has 1 fully saturated rings. The third-order valence-electron chi connectivity index (χ3n) is 5.43. The Hall–Kier alpha value is -2.49. The zero-order chi connectivity index (χ0) is 22.3. The minimum absolute atomic E-state index is 0.0313. The van der Waals surface area contributed by atoms with Crippen molar-refractivity contribution >= 4 is 21.6 Å². The largest absolute Gasteiger partial charge is 0.474 e. The van der Waals surface area contributed by atoms with Gasteiger partial charge in [-0.3, -0.25) is 4.79 Å². The van der Waals surface area contributed by atoms with Crippen molar-refractivity contribution in [1.29, 1.82) is 0 Å². The molecule has 0 atom stereocenters. The molecular weight excluding hydrogens is 418 g/mol. The van der Waals surface area contributed by atoms with Crippen molar-refractivity contribution in [2.75, 3.05) is 32.7 Å². The van der Waals surface area contributed by atoms with Gasteiger partial charge in [-0.25, -0.2) is 13.4 Å². The third kappa shape index (κ3) is 5.81. The number of hydrogen-bond donors (Lipinski definition) is 1. The molecule has 0 spiro atoms. The normalized spacial score (nSPS) is 15.1. The van der Waals surface area contributed by atoms with Crippen molar-refractivity contribution in [3.63, 3.8) is 0 Å². The first-order chi connectivity index (χ1) is 14.9.